The van der Waals surface area contributed by atoms with Crippen LogP contribution >= 0.6 is 0 Å². The zero-order chi connectivity index (χ0) is 15.8. The number of hydrogen-bond donors (Lipinski definition) is 0. The monoisotopic (exact) mass is 294 g/mol. The molecule has 0 bridgehead atoms. The molecule has 0 unspecified atom stereocenters. The Morgan fingerprint density at radius 3 is 2.09 bits per heavy atom. The standard InChI is InChI=1S/C19H22N2O/c1-16(13-19(22)14-17-9-5-3-6-10-17)20-21(2)15-18-11-7-4-8-12-18/h3-12H,13-15H2,1-2H3/b20-16+. The molecule has 114 valence electrons. The molecule has 0 atom stereocenters. The first kappa shape index (κ1) is 16.0. The van der Waals surface area contributed by atoms with Gasteiger partial charge in [-0.15, -0.1) is 0 Å². The number of Topliss-reactive ketones (excluding diaryl/α,β-unsaturated/α-hetero) is 1. The zero-order valence-corrected chi connectivity index (χ0v) is 13.2. The molecule has 0 heterocycles. The van der Waals surface area contributed by atoms with Crippen molar-refractivity contribution in [1.29, 1.82) is 0 Å². The van der Waals surface area contributed by atoms with E-state index in [1.165, 1.54) is 5.56 Å². The largest absolute Gasteiger partial charge is 0.299 e. The SMILES string of the molecule is C/C(CC(=O)Cc1ccccc1)=N\N(C)Cc1ccccc1. The van der Waals surface area contributed by atoms with E-state index < -0.39 is 0 Å². The summed E-state index contributed by atoms with van der Waals surface area (Å²) in [6.07, 6.45) is 0.865. The summed E-state index contributed by atoms with van der Waals surface area (Å²) in [5, 5.41) is 6.36. The fourth-order valence-corrected chi connectivity index (χ4v) is 2.38. The van der Waals surface area contributed by atoms with Gasteiger partial charge in [-0.25, -0.2) is 0 Å². The number of hydrogen-bond acceptors (Lipinski definition) is 3. The van der Waals surface area contributed by atoms with Crippen LogP contribution in [0, 0.1) is 0 Å². The van der Waals surface area contributed by atoms with Gasteiger partial charge in [0.1, 0.15) is 5.78 Å². The number of rotatable bonds is 7. The molecule has 0 radical (unpaired) electrons. The van der Waals surface area contributed by atoms with Crippen molar-refractivity contribution in [3.8, 4) is 0 Å². The molecular weight excluding hydrogens is 272 g/mol. The lowest BCUT2D eigenvalue weighted by atomic mass is 10.1. The first-order valence-electron chi connectivity index (χ1n) is 7.48. The second-order valence-electron chi connectivity index (χ2n) is 5.51. The summed E-state index contributed by atoms with van der Waals surface area (Å²) in [5.74, 6) is 0.195. The van der Waals surface area contributed by atoms with Gasteiger partial charge in [-0.1, -0.05) is 60.7 Å². The van der Waals surface area contributed by atoms with Crippen LogP contribution in [0.15, 0.2) is 65.8 Å². The summed E-state index contributed by atoms with van der Waals surface area (Å²) < 4.78 is 0. The van der Waals surface area contributed by atoms with Crippen LogP contribution in [0.5, 0.6) is 0 Å². The highest BCUT2D eigenvalue weighted by Crippen LogP contribution is 2.05. The van der Waals surface area contributed by atoms with Crippen molar-refractivity contribution in [3.05, 3.63) is 71.8 Å². The number of benzene rings is 2. The topological polar surface area (TPSA) is 32.7 Å². The molecule has 0 N–H and O–H groups in total. The molecule has 0 fully saturated rings. The third-order valence-electron chi connectivity index (χ3n) is 3.29. The summed E-state index contributed by atoms with van der Waals surface area (Å²) in [4.78, 5) is 12.1. The van der Waals surface area contributed by atoms with Gasteiger partial charge in [0.25, 0.3) is 0 Å². The molecule has 0 aliphatic rings. The van der Waals surface area contributed by atoms with Gasteiger partial charge < -0.3 is 0 Å². The number of ketones is 1. The predicted octanol–water partition coefficient (Wildman–Crippen LogP) is 3.70. The van der Waals surface area contributed by atoms with E-state index in [1.54, 1.807) is 0 Å². The fourth-order valence-electron chi connectivity index (χ4n) is 2.38. The molecule has 0 saturated heterocycles. The molecule has 0 saturated carbocycles. The van der Waals surface area contributed by atoms with Crippen molar-refractivity contribution in [3.63, 3.8) is 0 Å². The Hall–Kier alpha value is -2.42. The molecule has 2 aromatic rings. The van der Waals surface area contributed by atoms with Crippen LogP contribution in [-0.2, 0) is 17.8 Å². The summed E-state index contributed by atoms with van der Waals surface area (Å²) in [6, 6.07) is 20.0. The Morgan fingerprint density at radius 1 is 0.955 bits per heavy atom. The Balaban J connectivity index is 1.85. The third-order valence-corrected chi connectivity index (χ3v) is 3.29. The van der Waals surface area contributed by atoms with Crippen LogP contribution in [0.25, 0.3) is 0 Å². The van der Waals surface area contributed by atoms with Crippen LogP contribution in [0.2, 0.25) is 0 Å². The quantitative estimate of drug-likeness (QED) is 0.576. The minimum absolute atomic E-state index is 0.195. The normalized spacial score (nSPS) is 11.3. The Bertz CT molecular complexity index is 620. The van der Waals surface area contributed by atoms with E-state index >= 15 is 0 Å². The van der Waals surface area contributed by atoms with Crippen molar-refractivity contribution in [2.75, 3.05) is 7.05 Å². The smallest absolute Gasteiger partial charge is 0.142 e. The second-order valence-corrected chi connectivity index (χ2v) is 5.51. The minimum Gasteiger partial charge on any atom is -0.299 e. The van der Waals surface area contributed by atoms with Gasteiger partial charge in [0, 0.05) is 25.6 Å². The Morgan fingerprint density at radius 2 is 1.50 bits per heavy atom. The van der Waals surface area contributed by atoms with E-state index in [9.17, 15) is 4.79 Å². The summed E-state index contributed by atoms with van der Waals surface area (Å²) in [6.45, 7) is 2.65. The lowest BCUT2D eigenvalue weighted by molar-refractivity contribution is -0.117. The van der Waals surface area contributed by atoms with E-state index in [4.69, 9.17) is 0 Å². The predicted molar refractivity (Wildman–Crippen MR) is 90.8 cm³/mol. The maximum absolute atomic E-state index is 12.1. The average molecular weight is 294 g/mol. The van der Waals surface area contributed by atoms with Crippen molar-refractivity contribution in [2.45, 2.75) is 26.3 Å². The molecule has 0 aromatic heterocycles. The molecule has 2 rings (SSSR count). The Kier molecular flexibility index (Phi) is 5.90. The first-order chi connectivity index (χ1) is 10.6. The van der Waals surface area contributed by atoms with Gasteiger partial charge in [0.05, 0.1) is 6.54 Å². The van der Waals surface area contributed by atoms with Crippen LogP contribution in [0.3, 0.4) is 0 Å². The molecule has 2 aromatic carbocycles. The molecule has 0 spiro atoms. The lowest BCUT2D eigenvalue weighted by Gasteiger charge is -2.14. The highest BCUT2D eigenvalue weighted by atomic mass is 16.1. The van der Waals surface area contributed by atoms with Crippen LogP contribution in [-0.4, -0.2) is 23.6 Å². The number of carbonyl (C=O) groups is 1. The number of carbonyl (C=O) groups excluding carboxylic acids is 1. The van der Waals surface area contributed by atoms with Crippen molar-refractivity contribution in [2.24, 2.45) is 5.10 Å². The van der Waals surface area contributed by atoms with E-state index in [1.807, 2.05) is 67.5 Å². The molecule has 3 heteroatoms. The van der Waals surface area contributed by atoms with Crippen LogP contribution < -0.4 is 0 Å². The molecular formula is C19H22N2O. The van der Waals surface area contributed by atoms with E-state index in [0.29, 0.717) is 12.8 Å². The number of hydrazone groups is 1. The van der Waals surface area contributed by atoms with Crippen LogP contribution in [0.1, 0.15) is 24.5 Å². The van der Waals surface area contributed by atoms with E-state index in [0.717, 1.165) is 17.8 Å². The van der Waals surface area contributed by atoms with Crippen molar-refractivity contribution < 1.29 is 4.79 Å². The van der Waals surface area contributed by atoms with Gasteiger partial charge in [-0.2, -0.15) is 5.10 Å². The molecule has 0 aliphatic heterocycles. The zero-order valence-electron chi connectivity index (χ0n) is 13.2. The highest BCUT2D eigenvalue weighted by Gasteiger charge is 2.06. The van der Waals surface area contributed by atoms with Crippen molar-refractivity contribution in [1.82, 2.24) is 5.01 Å². The van der Waals surface area contributed by atoms with Gasteiger partial charge in [0.15, 0.2) is 0 Å². The third kappa shape index (κ3) is 5.52. The molecule has 3 nitrogen and oxygen atoms in total. The fraction of sp³-hybridized carbons (Fsp3) is 0.263. The Labute approximate surface area is 132 Å². The van der Waals surface area contributed by atoms with Gasteiger partial charge in [-0.3, -0.25) is 9.80 Å². The lowest BCUT2D eigenvalue weighted by Crippen LogP contribution is -2.15. The average Bonchev–Trinajstić information content (AvgIpc) is 2.48. The van der Waals surface area contributed by atoms with E-state index in [-0.39, 0.29) is 5.78 Å². The highest BCUT2D eigenvalue weighted by molar-refractivity contribution is 6.01. The summed E-state index contributed by atoms with van der Waals surface area (Å²) in [5.41, 5.74) is 3.11. The molecule has 0 aliphatic carbocycles. The second kappa shape index (κ2) is 8.13. The summed E-state index contributed by atoms with van der Waals surface area (Å²) in [7, 11) is 1.93. The molecule has 22 heavy (non-hydrogen) atoms. The van der Waals surface area contributed by atoms with Gasteiger partial charge in [-0.05, 0) is 18.1 Å². The van der Waals surface area contributed by atoms with Gasteiger partial charge in [0.2, 0.25) is 0 Å². The van der Waals surface area contributed by atoms with Crippen LogP contribution in [0.4, 0.5) is 0 Å². The molecule has 0 amide bonds. The minimum atomic E-state index is 0.195. The van der Waals surface area contributed by atoms with Crippen molar-refractivity contribution >= 4 is 11.5 Å². The van der Waals surface area contributed by atoms with E-state index in [2.05, 4.69) is 17.2 Å². The maximum Gasteiger partial charge on any atom is 0.142 e. The maximum atomic E-state index is 12.1. The first-order valence-corrected chi connectivity index (χ1v) is 7.48. The van der Waals surface area contributed by atoms with Gasteiger partial charge >= 0.3 is 0 Å². The number of nitrogens with zero attached hydrogens (tertiary/aromatic N) is 2. The summed E-state index contributed by atoms with van der Waals surface area (Å²) >= 11 is 0.